The highest BCUT2D eigenvalue weighted by atomic mass is 16.5. The molecule has 3 aliphatic rings. The predicted octanol–water partition coefficient (Wildman–Crippen LogP) is 5.74. The first kappa shape index (κ1) is 24.6. The van der Waals surface area contributed by atoms with Gasteiger partial charge in [0, 0.05) is 23.6 Å². The number of carboxylic acids is 1. The van der Waals surface area contributed by atoms with Gasteiger partial charge in [-0.1, -0.05) is 54.6 Å². The van der Waals surface area contributed by atoms with Crippen molar-refractivity contribution in [3.63, 3.8) is 0 Å². The van der Waals surface area contributed by atoms with Crippen molar-refractivity contribution < 1.29 is 24.2 Å². The number of ether oxygens (including phenoxy) is 1. The number of rotatable bonds is 5. The number of carbonyl (C=O) groups is 3. The Morgan fingerprint density at radius 1 is 0.892 bits per heavy atom. The van der Waals surface area contributed by atoms with E-state index in [-0.39, 0.29) is 23.7 Å². The van der Waals surface area contributed by atoms with E-state index in [1.54, 1.807) is 4.90 Å². The van der Waals surface area contributed by atoms with Gasteiger partial charge in [-0.15, -0.1) is 0 Å². The van der Waals surface area contributed by atoms with Crippen LogP contribution in [0.3, 0.4) is 0 Å². The molecule has 2 aliphatic carbocycles. The van der Waals surface area contributed by atoms with Crippen molar-refractivity contribution in [2.24, 2.45) is 11.8 Å². The van der Waals surface area contributed by atoms with E-state index >= 15 is 0 Å². The summed E-state index contributed by atoms with van der Waals surface area (Å²) in [5, 5.41) is 12.2. The second kappa shape index (κ2) is 10.9. The van der Waals surface area contributed by atoms with E-state index in [4.69, 9.17) is 4.74 Å². The van der Waals surface area contributed by atoms with E-state index in [1.807, 2.05) is 72.8 Å². The molecule has 1 fully saturated rings. The number of amides is 2. The van der Waals surface area contributed by atoms with E-state index < -0.39 is 5.97 Å². The van der Waals surface area contributed by atoms with Gasteiger partial charge in [-0.3, -0.25) is 14.5 Å². The number of carboxylic acid groups (broad SMARTS) is 1. The van der Waals surface area contributed by atoms with Crippen LogP contribution in [-0.4, -0.2) is 36.0 Å². The Bertz CT molecular complexity index is 1280. The molecule has 5 rings (SSSR count). The van der Waals surface area contributed by atoms with Crippen LogP contribution in [-0.2, 0) is 4.79 Å². The van der Waals surface area contributed by atoms with Gasteiger partial charge in [-0.25, -0.2) is 4.79 Å². The Morgan fingerprint density at radius 3 is 2.38 bits per heavy atom. The number of benzene rings is 2. The average molecular weight is 499 g/mol. The van der Waals surface area contributed by atoms with E-state index in [0.29, 0.717) is 56.6 Å². The minimum atomic E-state index is -0.764. The number of nitrogens with zero attached hydrogens (tertiary/aromatic N) is 1. The van der Waals surface area contributed by atoms with E-state index in [0.717, 1.165) is 22.5 Å². The van der Waals surface area contributed by atoms with Gasteiger partial charge in [0.2, 0.25) is 0 Å². The SMILES string of the molecule is O=C(O)C1CCC(C(=O)c2ccc(-c3ccc4c(c3)OCCN4C(=O)NC3=CC=CC=CC3)cc2)CC1. The van der Waals surface area contributed by atoms with Crippen molar-refractivity contribution in [3.8, 4) is 16.9 Å². The number of nitrogens with one attached hydrogen (secondary N) is 1. The molecule has 0 radical (unpaired) electrons. The molecule has 2 aromatic carbocycles. The zero-order valence-electron chi connectivity index (χ0n) is 20.6. The molecule has 0 atom stereocenters. The summed E-state index contributed by atoms with van der Waals surface area (Å²) in [5.74, 6) is -0.483. The quantitative estimate of drug-likeness (QED) is 0.513. The van der Waals surface area contributed by atoms with Crippen LogP contribution in [0, 0.1) is 11.8 Å². The minimum absolute atomic E-state index is 0.0839. The number of anilines is 1. The molecule has 1 aliphatic heterocycles. The Kier molecular flexibility index (Phi) is 7.21. The lowest BCUT2D eigenvalue weighted by Gasteiger charge is -2.30. The monoisotopic (exact) mass is 498 g/mol. The third-order valence-corrected chi connectivity index (χ3v) is 7.28. The molecule has 2 amide bonds. The van der Waals surface area contributed by atoms with Crippen LogP contribution >= 0.6 is 0 Å². The third kappa shape index (κ3) is 5.50. The van der Waals surface area contributed by atoms with Crippen LogP contribution in [0.2, 0.25) is 0 Å². The largest absolute Gasteiger partial charge is 0.490 e. The number of Topliss-reactive ketones (excluding diaryl/α,β-unsaturated/α-hetero) is 1. The first-order valence-corrected chi connectivity index (χ1v) is 12.7. The molecule has 0 saturated heterocycles. The smallest absolute Gasteiger partial charge is 0.326 e. The van der Waals surface area contributed by atoms with Gasteiger partial charge in [-0.2, -0.15) is 0 Å². The van der Waals surface area contributed by atoms with E-state index in [9.17, 15) is 19.5 Å². The molecular formula is C30H30N2O5. The maximum Gasteiger partial charge on any atom is 0.326 e. The second-order valence-corrected chi connectivity index (χ2v) is 9.65. The Morgan fingerprint density at radius 2 is 1.62 bits per heavy atom. The molecule has 2 aromatic rings. The Balaban J connectivity index is 1.27. The molecule has 0 spiro atoms. The third-order valence-electron chi connectivity index (χ3n) is 7.28. The fourth-order valence-electron chi connectivity index (χ4n) is 5.15. The van der Waals surface area contributed by atoms with Gasteiger partial charge in [0.25, 0.3) is 0 Å². The number of hydrogen-bond donors (Lipinski definition) is 2. The van der Waals surface area contributed by atoms with Crippen molar-refractivity contribution >= 4 is 23.5 Å². The van der Waals surface area contributed by atoms with Crippen LogP contribution in [0.1, 0.15) is 42.5 Å². The molecule has 0 bridgehead atoms. The van der Waals surface area contributed by atoms with Crippen LogP contribution in [0.25, 0.3) is 11.1 Å². The first-order valence-electron chi connectivity index (χ1n) is 12.7. The van der Waals surface area contributed by atoms with Crippen LogP contribution in [0.4, 0.5) is 10.5 Å². The first-order chi connectivity index (χ1) is 18.0. The lowest BCUT2D eigenvalue weighted by molar-refractivity contribution is -0.143. The zero-order chi connectivity index (χ0) is 25.8. The average Bonchev–Trinajstić information content (AvgIpc) is 3.20. The summed E-state index contributed by atoms with van der Waals surface area (Å²) in [4.78, 5) is 38.8. The zero-order valence-corrected chi connectivity index (χ0v) is 20.6. The molecule has 7 heteroatoms. The van der Waals surface area contributed by atoms with Gasteiger partial charge in [0.1, 0.15) is 12.4 Å². The van der Waals surface area contributed by atoms with Gasteiger partial charge in [0.05, 0.1) is 18.2 Å². The lowest BCUT2D eigenvalue weighted by Crippen LogP contribution is -2.44. The number of ketones is 1. The van der Waals surface area contributed by atoms with Crippen molar-refractivity contribution in [2.45, 2.75) is 32.1 Å². The Hall–Kier alpha value is -4.13. The summed E-state index contributed by atoms with van der Waals surface area (Å²) in [6, 6.07) is 13.1. The molecule has 2 N–H and O–H groups in total. The highest BCUT2D eigenvalue weighted by molar-refractivity contribution is 5.98. The second-order valence-electron chi connectivity index (χ2n) is 9.65. The standard InChI is InChI=1S/C30H30N2O5/c33-28(22-11-13-23(14-12-22)29(34)35)21-9-7-20(8-10-21)24-15-16-26-27(19-24)37-18-17-32(26)30(36)31-25-5-3-1-2-4-6-25/h1-5,7-10,15-16,19,22-23H,6,11-14,17-18H2,(H,31,36)(H,34,35). The number of carbonyl (C=O) groups excluding carboxylic acids is 2. The van der Waals surface area contributed by atoms with Crippen molar-refractivity contribution in [1.82, 2.24) is 5.32 Å². The van der Waals surface area contributed by atoms with Crippen LogP contribution in [0.5, 0.6) is 5.75 Å². The van der Waals surface area contributed by atoms with Gasteiger partial charge >= 0.3 is 12.0 Å². The Labute approximate surface area is 216 Å². The number of aliphatic carboxylic acids is 1. The van der Waals surface area contributed by atoms with Crippen molar-refractivity contribution in [1.29, 1.82) is 0 Å². The minimum Gasteiger partial charge on any atom is -0.490 e. The molecular weight excluding hydrogens is 468 g/mol. The maximum absolute atomic E-state index is 13.0. The molecule has 190 valence electrons. The van der Waals surface area contributed by atoms with Gasteiger partial charge in [0.15, 0.2) is 5.78 Å². The summed E-state index contributed by atoms with van der Waals surface area (Å²) in [7, 11) is 0. The molecule has 1 heterocycles. The van der Waals surface area contributed by atoms with E-state index in [1.165, 1.54) is 0 Å². The lowest BCUT2D eigenvalue weighted by atomic mass is 9.78. The molecule has 0 unspecified atom stereocenters. The fourth-order valence-corrected chi connectivity index (χ4v) is 5.15. The summed E-state index contributed by atoms with van der Waals surface area (Å²) in [6.07, 6.45) is 12.7. The van der Waals surface area contributed by atoms with Crippen molar-refractivity contribution in [2.75, 3.05) is 18.1 Å². The number of hydrogen-bond acceptors (Lipinski definition) is 4. The summed E-state index contributed by atoms with van der Waals surface area (Å²) < 4.78 is 5.89. The number of fused-ring (bicyclic) bond motifs is 1. The summed E-state index contributed by atoms with van der Waals surface area (Å²) in [5.41, 5.74) is 4.09. The summed E-state index contributed by atoms with van der Waals surface area (Å²) >= 11 is 0. The maximum atomic E-state index is 13.0. The van der Waals surface area contributed by atoms with Crippen LogP contribution < -0.4 is 15.0 Å². The molecule has 7 nitrogen and oxygen atoms in total. The molecule has 1 saturated carbocycles. The fraction of sp³-hybridized carbons (Fsp3) is 0.300. The summed E-state index contributed by atoms with van der Waals surface area (Å²) in [6.45, 7) is 0.864. The molecule has 0 aromatic heterocycles. The van der Waals surface area contributed by atoms with Gasteiger partial charge in [-0.05, 0) is 55.0 Å². The molecule has 37 heavy (non-hydrogen) atoms. The topological polar surface area (TPSA) is 95.9 Å². The van der Waals surface area contributed by atoms with Gasteiger partial charge < -0.3 is 15.2 Å². The highest BCUT2D eigenvalue weighted by Gasteiger charge is 2.30. The highest BCUT2D eigenvalue weighted by Crippen LogP contribution is 2.36. The van der Waals surface area contributed by atoms with Crippen LogP contribution in [0.15, 0.2) is 78.5 Å². The number of urea groups is 1. The van der Waals surface area contributed by atoms with E-state index in [2.05, 4.69) is 5.32 Å². The van der Waals surface area contributed by atoms with Crippen molar-refractivity contribution in [3.05, 3.63) is 84.1 Å². The normalized spacial score (nSPS) is 20.8. The number of allylic oxidation sites excluding steroid dienone is 5. The predicted molar refractivity (Wildman–Crippen MR) is 142 cm³/mol.